The van der Waals surface area contributed by atoms with Gasteiger partial charge < -0.3 is 15.7 Å². The van der Waals surface area contributed by atoms with E-state index in [0.29, 0.717) is 13.1 Å². The van der Waals surface area contributed by atoms with Gasteiger partial charge in [0.15, 0.2) is 0 Å². The number of carbonyl (C=O) groups is 1. The quantitative estimate of drug-likeness (QED) is 0.593. The molecule has 0 aromatic heterocycles. The first-order chi connectivity index (χ1) is 8.52. The van der Waals surface area contributed by atoms with Gasteiger partial charge in [-0.1, -0.05) is 13.8 Å². The van der Waals surface area contributed by atoms with E-state index in [2.05, 4.69) is 24.5 Å². The summed E-state index contributed by atoms with van der Waals surface area (Å²) >= 11 is 1.93. The number of nitrogens with one attached hydrogen (secondary N) is 2. The van der Waals surface area contributed by atoms with Crippen LogP contribution in [0.15, 0.2) is 0 Å². The summed E-state index contributed by atoms with van der Waals surface area (Å²) in [6, 6.07) is -0.163. The van der Waals surface area contributed by atoms with Crippen LogP contribution >= 0.6 is 11.8 Å². The van der Waals surface area contributed by atoms with Crippen LogP contribution in [0.5, 0.6) is 0 Å². The molecule has 0 heterocycles. The van der Waals surface area contributed by atoms with Gasteiger partial charge in [-0.15, -0.1) is 0 Å². The zero-order valence-corrected chi connectivity index (χ0v) is 12.3. The minimum atomic E-state index is -0.634. The van der Waals surface area contributed by atoms with E-state index in [1.165, 1.54) is 5.75 Å². The summed E-state index contributed by atoms with van der Waals surface area (Å²) in [7, 11) is 0. The van der Waals surface area contributed by atoms with Crippen molar-refractivity contribution in [3.8, 4) is 0 Å². The second-order valence-electron chi connectivity index (χ2n) is 5.51. The van der Waals surface area contributed by atoms with Crippen LogP contribution in [0, 0.1) is 5.92 Å². The normalized spacial score (nSPS) is 17.3. The number of amides is 2. The van der Waals surface area contributed by atoms with Crippen molar-refractivity contribution >= 4 is 17.8 Å². The maximum Gasteiger partial charge on any atom is 0.314 e. The molecule has 0 aromatic rings. The number of rotatable bonds is 8. The molecule has 3 N–H and O–H groups in total. The summed E-state index contributed by atoms with van der Waals surface area (Å²) in [6.07, 6.45) is 3.67. The highest BCUT2D eigenvalue weighted by molar-refractivity contribution is 7.99. The first-order valence-corrected chi connectivity index (χ1v) is 7.99. The standard InChI is InChI=1S/C13H26N2O2S/c1-11(2)9-18-8-4-7-14-12(16)15-10-13(17)5-3-6-13/h11,17H,3-10H2,1-2H3,(H2,14,15,16). The molecule has 1 rings (SSSR count). The lowest BCUT2D eigenvalue weighted by atomic mass is 9.80. The zero-order valence-electron chi connectivity index (χ0n) is 11.5. The maximum atomic E-state index is 11.4. The molecular formula is C13H26N2O2S. The minimum absolute atomic E-state index is 0.163. The fourth-order valence-corrected chi connectivity index (χ4v) is 2.75. The summed E-state index contributed by atoms with van der Waals surface area (Å²) in [5.74, 6) is 3.00. The minimum Gasteiger partial charge on any atom is -0.388 e. The van der Waals surface area contributed by atoms with Crippen molar-refractivity contribution in [3.63, 3.8) is 0 Å². The van der Waals surface area contributed by atoms with E-state index in [-0.39, 0.29) is 6.03 Å². The summed E-state index contributed by atoms with van der Waals surface area (Å²) in [4.78, 5) is 11.4. The lowest BCUT2D eigenvalue weighted by molar-refractivity contribution is -0.0290. The number of thioether (sulfide) groups is 1. The van der Waals surface area contributed by atoms with Gasteiger partial charge in [0.2, 0.25) is 0 Å². The monoisotopic (exact) mass is 274 g/mol. The highest BCUT2D eigenvalue weighted by atomic mass is 32.2. The Morgan fingerprint density at radius 1 is 1.39 bits per heavy atom. The molecule has 0 bridgehead atoms. The van der Waals surface area contributed by atoms with Crippen LogP contribution in [0.4, 0.5) is 4.79 Å². The Bertz CT molecular complexity index is 255. The molecular weight excluding hydrogens is 248 g/mol. The van der Waals surface area contributed by atoms with E-state index in [1.54, 1.807) is 0 Å². The average Bonchev–Trinajstić information content (AvgIpc) is 2.28. The van der Waals surface area contributed by atoms with Crippen molar-refractivity contribution in [2.24, 2.45) is 5.92 Å². The van der Waals surface area contributed by atoms with Gasteiger partial charge in [0, 0.05) is 13.1 Å². The van der Waals surface area contributed by atoms with Crippen LogP contribution in [0.2, 0.25) is 0 Å². The molecule has 1 aliphatic rings. The van der Waals surface area contributed by atoms with E-state index in [0.717, 1.165) is 37.4 Å². The van der Waals surface area contributed by atoms with Crippen LogP contribution in [0.1, 0.15) is 39.5 Å². The number of aliphatic hydroxyl groups is 1. The molecule has 106 valence electrons. The van der Waals surface area contributed by atoms with Gasteiger partial charge in [-0.25, -0.2) is 4.79 Å². The number of hydrogen-bond donors (Lipinski definition) is 3. The van der Waals surface area contributed by atoms with Crippen molar-refractivity contribution in [2.45, 2.75) is 45.1 Å². The molecule has 0 aliphatic heterocycles. The third-order valence-electron chi connectivity index (χ3n) is 3.06. The van der Waals surface area contributed by atoms with Crippen LogP contribution in [0.25, 0.3) is 0 Å². The lowest BCUT2D eigenvalue weighted by Crippen LogP contribution is -2.50. The smallest absolute Gasteiger partial charge is 0.314 e. The Morgan fingerprint density at radius 2 is 2.11 bits per heavy atom. The molecule has 0 aromatic carbocycles. The Labute approximate surface area is 114 Å². The SMILES string of the molecule is CC(C)CSCCCNC(=O)NCC1(O)CCC1. The van der Waals surface area contributed by atoms with E-state index in [9.17, 15) is 9.90 Å². The van der Waals surface area contributed by atoms with Crippen molar-refractivity contribution in [3.05, 3.63) is 0 Å². The summed E-state index contributed by atoms with van der Waals surface area (Å²) < 4.78 is 0. The second-order valence-corrected chi connectivity index (χ2v) is 6.66. The molecule has 0 atom stereocenters. The van der Waals surface area contributed by atoms with Gasteiger partial charge in [0.25, 0.3) is 0 Å². The van der Waals surface area contributed by atoms with Crippen molar-refractivity contribution in [2.75, 3.05) is 24.6 Å². The molecule has 0 unspecified atom stereocenters. The molecule has 1 saturated carbocycles. The average molecular weight is 274 g/mol. The first-order valence-electron chi connectivity index (χ1n) is 6.84. The van der Waals surface area contributed by atoms with Crippen molar-refractivity contribution in [1.82, 2.24) is 10.6 Å². The lowest BCUT2D eigenvalue weighted by Gasteiger charge is -2.36. The molecule has 0 radical (unpaired) electrons. The van der Waals surface area contributed by atoms with E-state index < -0.39 is 5.60 Å². The van der Waals surface area contributed by atoms with Gasteiger partial charge in [-0.05, 0) is 43.1 Å². The Hall–Kier alpha value is -0.420. The van der Waals surface area contributed by atoms with Gasteiger partial charge in [-0.2, -0.15) is 11.8 Å². The van der Waals surface area contributed by atoms with E-state index in [1.807, 2.05) is 11.8 Å². The van der Waals surface area contributed by atoms with E-state index in [4.69, 9.17) is 0 Å². The second kappa shape index (κ2) is 7.89. The summed E-state index contributed by atoms with van der Waals surface area (Å²) in [6.45, 7) is 5.50. The predicted molar refractivity (Wildman–Crippen MR) is 77.0 cm³/mol. The number of carbonyl (C=O) groups excluding carboxylic acids is 1. The Balaban J connectivity index is 1.90. The van der Waals surface area contributed by atoms with Gasteiger partial charge in [0.1, 0.15) is 0 Å². The molecule has 4 nitrogen and oxygen atoms in total. The highest BCUT2D eigenvalue weighted by Crippen LogP contribution is 2.30. The largest absolute Gasteiger partial charge is 0.388 e. The zero-order chi connectivity index (χ0) is 13.4. The molecule has 18 heavy (non-hydrogen) atoms. The first kappa shape index (κ1) is 15.6. The van der Waals surface area contributed by atoms with Crippen LogP contribution in [-0.4, -0.2) is 41.3 Å². The van der Waals surface area contributed by atoms with Gasteiger partial charge in [-0.3, -0.25) is 0 Å². The van der Waals surface area contributed by atoms with E-state index >= 15 is 0 Å². The molecule has 5 heteroatoms. The third kappa shape index (κ3) is 6.50. The van der Waals surface area contributed by atoms with Crippen LogP contribution < -0.4 is 10.6 Å². The van der Waals surface area contributed by atoms with Gasteiger partial charge >= 0.3 is 6.03 Å². The number of hydrogen-bond acceptors (Lipinski definition) is 3. The van der Waals surface area contributed by atoms with Crippen molar-refractivity contribution < 1.29 is 9.90 Å². The fraction of sp³-hybridized carbons (Fsp3) is 0.923. The topological polar surface area (TPSA) is 61.4 Å². The van der Waals surface area contributed by atoms with Crippen LogP contribution in [0.3, 0.4) is 0 Å². The maximum absolute atomic E-state index is 11.4. The Kier molecular flexibility index (Phi) is 6.86. The predicted octanol–water partition coefficient (Wildman–Crippen LogP) is 1.98. The third-order valence-corrected chi connectivity index (χ3v) is 4.54. The molecule has 2 amide bonds. The van der Waals surface area contributed by atoms with Crippen molar-refractivity contribution in [1.29, 1.82) is 0 Å². The van der Waals surface area contributed by atoms with Gasteiger partial charge in [0.05, 0.1) is 5.60 Å². The fourth-order valence-electron chi connectivity index (χ4n) is 1.76. The summed E-state index contributed by atoms with van der Waals surface area (Å²) in [5.41, 5.74) is -0.634. The highest BCUT2D eigenvalue weighted by Gasteiger charge is 2.34. The Morgan fingerprint density at radius 3 is 2.67 bits per heavy atom. The van der Waals surface area contributed by atoms with Crippen LogP contribution in [-0.2, 0) is 0 Å². The summed E-state index contributed by atoms with van der Waals surface area (Å²) in [5, 5.41) is 15.4. The number of urea groups is 1. The molecule has 0 spiro atoms. The molecule has 1 fully saturated rings. The molecule has 0 saturated heterocycles. The molecule has 1 aliphatic carbocycles.